The van der Waals surface area contributed by atoms with Crippen molar-refractivity contribution in [2.24, 2.45) is 11.8 Å². The molecule has 0 radical (unpaired) electrons. The summed E-state index contributed by atoms with van der Waals surface area (Å²) >= 11 is 0. The molecule has 118 valence electrons. The van der Waals surface area contributed by atoms with Gasteiger partial charge in [0.1, 0.15) is 5.75 Å². The molecule has 0 bridgehead atoms. The Bertz CT molecular complexity index is 385. The normalized spacial score (nSPS) is 17.0. The second kappa shape index (κ2) is 9.06. The van der Waals surface area contributed by atoms with E-state index in [1.54, 1.807) is 14.2 Å². The molecule has 1 aliphatic carbocycles. The zero-order valence-electron chi connectivity index (χ0n) is 13.4. The van der Waals surface area contributed by atoms with E-state index in [0.29, 0.717) is 0 Å². The minimum absolute atomic E-state index is 0.734. The van der Waals surface area contributed by atoms with E-state index in [4.69, 9.17) is 9.47 Å². The van der Waals surface area contributed by atoms with Gasteiger partial charge in [-0.1, -0.05) is 37.8 Å². The molecule has 0 heterocycles. The molecular formula is C18H29NO2. The standard InChI is InChI=1S/C18H29NO2/c1-20-12-11-19-14-17(16-5-3-4-6-16)13-15-7-9-18(21-2)10-8-15/h7-10,16-17,19H,3-6,11-14H2,1-2H3. The van der Waals surface area contributed by atoms with E-state index >= 15 is 0 Å². The first kappa shape index (κ1) is 16.3. The van der Waals surface area contributed by atoms with Gasteiger partial charge in [-0.15, -0.1) is 0 Å². The van der Waals surface area contributed by atoms with E-state index in [0.717, 1.165) is 43.7 Å². The van der Waals surface area contributed by atoms with Gasteiger partial charge in [-0.3, -0.25) is 0 Å². The molecule has 0 saturated heterocycles. The zero-order valence-corrected chi connectivity index (χ0v) is 13.4. The predicted octanol–water partition coefficient (Wildman–Crippen LogP) is 3.28. The van der Waals surface area contributed by atoms with E-state index < -0.39 is 0 Å². The molecule has 3 nitrogen and oxygen atoms in total. The highest BCUT2D eigenvalue weighted by Crippen LogP contribution is 2.33. The molecule has 2 rings (SSSR count). The highest BCUT2D eigenvalue weighted by molar-refractivity contribution is 5.27. The van der Waals surface area contributed by atoms with Crippen molar-refractivity contribution >= 4 is 0 Å². The van der Waals surface area contributed by atoms with Crippen LogP contribution in [0.25, 0.3) is 0 Å². The highest BCUT2D eigenvalue weighted by Gasteiger charge is 2.24. The van der Waals surface area contributed by atoms with E-state index in [-0.39, 0.29) is 0 Å². The summed E-state index contributed by atoms with van der Waals surface area (Å²) in [5, 5.41) is 3.56. The molecule has 1 saturated carbocycles. The molecular weight excluding hydrogens is 262 g/mol. The predicted molar refractivity (Wildman–Crippen MR) is 86.9 cm³/mol. The van der Waals surface area contributed by atoms with Crippen LogP contribution in [0, 0.1) is 11.8 Å². The summed E-state index contributed by atoms with van der Waals surface area (Å²) in [5.74, 6) is 2.55. The van der Waals surface area contributed by atoms with Crippen molar-refractivity contribution in [2.45, 2.75) is 32.1 Å². The summed E-state index contributed by atoms with van der Waals surface area (Å²) in [5.41, 5.74) is 1.42. The number of benzene rings is 1. The van der Waals surface area contributed by atoms with Crippen LogP contribution in [0.15, 0.2) is 24.3 Å². The first-order chi connectivity index (χ1) is 10.3. The van der Waals surface area contributed by atoms with Gasteiger partial charge in [0.2, 0.25) is 0 Å². The van der Waals surface area contributed by atoms with E-state index in [2.05, 4.69) is 29.6 Å². The molecule has 21 heavy (non-hydrogen) atoms. The number of ether oxygens (including phenoxy) is 2. The summed E-state index contributed by atoms with van der Waals surface area (Å²) < 4.78 is 10.4. The lowest BCUT2D eigenvalue weighted by Gasteiger charge is -2.24. The smallest absolute Gasteiger partial charge is 0.118 e. The molecule has 1 N–H and O–H groups in total. The molecule has 1 fully saturated rings. The van der Waals surface area contributed by atoms with Gasteiger partial charge in [-0.05, 0) is 42.5 Å². The van der Waals surface area contributed by atoms with Gasteiger partial charge in [0.15, 0.2) is 0 Å². The van der Waals surface area contributed by atoms with Gasteiger partial charge < -0.3 is 14.8 Å². The molecule has 0 aliphatic heterocycles. The van der Waals surface area contributed by atoms with Crippen LogP contribution in [0.4, 0.5) is 0 Å². The van der Waals surface area contributed by atoms with Crippen LogP contribution in [0.2, 0.25) is 0 Å². The van der Waals surface area contributed by atoms with Gasteiger partial charge in [-0.25, -0.2) is 0 Å². The van der Waals surface area contributed by atoms with Crippen LogP contribution in [-0.4, -0.2) is 33.9 Å². The van der Waals surface area contributed by atoms with E-state index in [9.17, 15) is 0 Å². The summed E-state index contributed by atoms with van der Waals surface area (Å²) in [6, 6.07) is 8.55. The molecule has 3 heteroatoms. The first-order valence-corrected chi connectivity index (χ1v) is 8.16. The molecule has 1 aromatic rings. The van der Waals surface area contributed by atoms with Crippen molar-refractivity contribution in [1.29, 1.82) is 0 Å². The third-order valence-electron chi connectivity index (χ3n) is 4.61. The van der Waals surface area contributed by atoms with Crippen molar-refractivity contribution in [3.63, 3.8) is 0 Å². The van der Waals surface area contributed by atoms with E-state index in [1.807, 2.05) is 0 Å². The fourth-order valence-corrected chi connectivity index (χ4v) is 3.36. The molecule has 0 aromatic heterocycles. The summed E-state index contributed by atoms with van der Waals surface area (Å²) in [7, 11) is 3.48. The Labute approximate surface area is 129 Å². The summed E-state index contributed by atoms with van der Waals surface area (Å²) in [6.45, 7) is 2.84. The minimum atomic E-state index is 0.734. The Hall–Kier alpha value is -1.06. The van der Waals surface area contributed by atoms with Crippen LogP contribution in [-0.2, 0) is 11.2 Å². The topological polar surface area (TPSA) is 30.5 Å². The van der Waals surface area contributed by atoms with Gasteiger partial charge in [-0.2, -0.15) is 0 Å². The largest absolute Gasteiger partial charge is 0.497 e. The Kier molecular flexibility index (Phi) is 7.04. The summed E-state index contributed by atoms with van der Waals surface area (Å²) in [4.78, 5) is 0. The Morgan fingerprint density at radius 3 is 2.48 bits per heavy atom. The van der Waals surface area contributed by atoms with Crippen molar-refractivity contribution in [1.82, 2.24) is 5.32 Å². The minimum Gasteiger partial charge on any atom is -0.497 e. The molecule has 1 aromatic carbocycles. The average molecular weight is 291 g/mol. The van der Waals surface area contributed by atoms with Gasteiger partial charge in [0, 0.05) is 13.7 Å². The monoisotopic (exact) mass is 291 g/mol. The molecule has 0 spiro atoms. The fourth-order valence-electron chi connectivity index (χ4n) is 3.36. The van der Waals surface area contributed by atoms with E-state index in [1.165, 1.54) is 31.2 Å². The zero-order chi connectivity index (χ0) is 14.9. The maximum Gasteiger partial charge on any atom is 0.118 e. The Balaban J connectivity index is 1.90. The number of methoxy groups -OCH3 is 2. The number of hydrogen-bond acceptors (Lipinski definition) is 3. The van der Waals surface area contributed by atoms with Crippen molar-refractivity contribution in [3.8, 4) is 5.75 Å². The second-order valence-corrected chi connectivity index (χ2v) is 6.05. The van der Waals surface area contributed by atoms with Crippen LogP contribution in [0.3, 0.4) is 0 Å². The first-order valence-electron chi connectivity index (χ1n) is 8.16. The van der Waals surface area contributed by atoms with Gasteiger partial charge in [0.25, 0.3) is 0 Å². The molecule has 1 aliphatic rings. The lowest BCUT2D eigenvalue weighted by Crippen LogP contribution is -2.31. The highest BCUT2D eigenvalue weighted by atomic mass is 16.5. The lowest BCUT2D eigenvalue weighted by molar-refractivity contribution is 0.195. The molecule has 1 atom stereocenters. The summed E-state index contributed by atoms with van der Waals surface area (Å²) in [6.07, 6.45) is 6.76. The maximum absolute atomic E-state index is 5.24. The second-order valence-electron chi connectivity index (χ2n) is 6.05. The van der Waals surface area contributed by atoms with Crippen LogP contribution < -0.4 is 10.1 Å². The van der Waals surface area contributed by atoms with Gasteiger partial charge in [0.05, 0.1) is 13.7 Å². The quantitative estimate of drug-likeness (QED) is 0.708. The van der Waals surface area contributed by atoms with Crippen LogP contribution >= 0.6 is 0 Å². The third kappa shape index (κ3) is 5.33. The lowest BCUT2D eigenvalue weighted by atomic mass is 9.85. The fraction of sp³-hybridized carbons (Fsp3) is 0.667. The van der Waals surface area contributed by atoms with Crippen molar-refractivity contribution < 1.29 is 9.47 Å². The average Bonchev–Trinajstić information content (AvgIpc) is 3.05. The Morgan fingerprint density at radius 1 is 1.14 bits per heavy atom. The third-order valence-corrected chi connectivity index (χ3v) is 4.61. The number of rotatable bonds is 9. The Morgan fingerprint density at radius 2 is 1.86 bits per heavy atom. The maximum atomic E-state index is 5.24. The molecule has 1 unspecified atom stereocenters. The van der Waals surface area contributed by atoms with Gasteiger partial charge >= 0.3 is 0 Å². The SMILES string of the molecule is COCCNCC(Cc1ccc(OC)cc1)C1CCCC1. The number of nitrogens with one attached hydrogen (secondary N) is 1. The van der Waals surface area contributed by atoms with Crippen molar-refractivity contribution in [2.75, 3.05) is 33.9 Å². The van der Waals surface area contributed by atoms with Crippen LogP contribution in [0.1, 0.15) is 31.2 Å². The van der Waals surface area contributed by atoms with Crippen molar-refractivity contribution in [3.05, 3.63) is 29.8 Å². The van der Waals surface area contributed by atoms with Crippen LogP contribution in [0.5, 0.6) is 5.75 Å². The molecule has 0 amide bonds. The number of hydrogen-bond donors (Lipinski definition) is 1.